The summed E-state index contributed by atoms with van der Waals surface area (Å²) in [6.45, 7) is 1.50. The maximum absolute atomic E-state index is 12.6. The first kappa shape index (κ1) is 12.9. The number of aromatic nitrogens is 1. The first-order chi connectivity index (χ1) is 9.84. The number of hydrogen-bond acceptors (Lipinski definition) is 3. The molecule has 1 aromatic carbocycles. The minimum atomic E-state index is -0.327. The van der Waals surface area contributed by atoms with Crippen molar-refractivity contribution in [3.05, 3.63) is 60.4 Å². The highest BCUT2D eigenvalue weighted by Crippen LogP contribution is 2.18. The molecule has 0 bridgehead atoms. The molecule has 5 heteroatoms. The fourth-order valence-electron chi connectivity index (χ4n) is 2.46. The Morgan fingerprint density at radius 1 is 1.10 bits per heavy atom. The van der Waals surface area contributed by atoms with Gasteiger partial charge in [-0.2, -0.15) is 0 Å². The Morgan fingerprint density at radius 2 is 1.75 bits per heavy atom. The van der Waals surface area contributed by atoms with E-state index in [9.17, 15) is 4.79 Å². The molecule has 5 nitrogen and oxygen atoms in total. The number of hydrazine groups is 1. The van der Waals surface area contributed by atoms with Crippen LogP contribution in [0.3, 0.4) is 0 Å². The highest BCUT2D eigenvalue weighted by Gasteiger charge is 2.25. The Balaban J connectivity index is 1.84. The van der Waals surface area contributed by atoms with Gasteiger partial charge in [0.25, 0.3) is 0 Å². The van der Waals surface area contributed by atoms with E-state index in [4.69, 9.17) is 0 Å². The van der Waals surface area contributed by atoms with Crippen molar-refractivity contribution in [3.63, 3.8) is 0 Å². The van der Waals surface area contributed by atoms with E-state index in [0.29, 0.717) is 0 Å². The Bertz CT molecular complexity index is 547. The van der Waals surface area contributed by atoms with Crippen molar-refractivity contribution in [1.29, 1.82) is 0 Å². The lowest BCUT2D eigenvalue weighted by Crippen LogP contribution is -2.42. The minimum absolute atomic E-state index is 0.0166. The molecule has 3 rings (SSSR count). The molecule has 0 unspecified atom stereocenters. The lowest BCUT2D eigenvalue weighted by atomic mass is 10.1. The van der Waals surface area contributed by atoms with Gasteiger partial charge in [0.05, 0.1) is 6.04 Å². The second-order valence-corrected chi connectivity index (χ2v) is 4.91. The van der Waals surface area contributed by atoms with Crippen LogP contribution < -0.4 is 16.2 Å². The van der Waals surface area contributed by atoms with E-state index in [1.807, 2.05) is 59.4 Å². The van der Waals surface area contributed by atoms with E-state index in [1.165, 1.54) is 0 Å². The second-order valence-electron chi connectivity index (χ2n) is 4.91. The standard InChI is InChI=1S/C15H18N4O/c20-15(18-13-10-16-17-11-13)14(19-8-4-5-9-19)12-6-2-1-3-7-12/h1-9,13-14,16-17H,10-11H2,(H,18,20)/t14-/m1/s1. The van der Waals surface area contributed by atoms with E-state index in [0.717, 1.165) is 18.7 Å². The van der Waals surface area contributed by atoms with Gasteiger partial charge in [-0.25, -0.2) is 0 Å². The summed E-state index contributed by atoms with van der Waals surface area (Å²) in [7, 11) is 0. The molecule has 1 fully saturated rings. The summed E-state index contributed by atoms with van der Waals surface area (Å²) < 4.78 is 1.93. The molecule has 2 aromatic rings. The first-order valence-electron chi connectivity index (χ1n) is 6.78. The maximum Gasteiger partial charge on any atom is 0.247 e. The van der Waals surface area contributed by atoms with Crippen LogP contribution in [0.2, 0.25) is 0 Å². The summed E-state index contributed by atoms with van der Waals surface area (Å²) in [6.07, 6.45) is 3.84. The Hall–Kier alpha value is -2.11. The average molecular weight is 270 g/mol. The van der Waals surface area contributed by atoms with E-state index < -0.39 is 0 Å². The van der Waals surface area contributed by atoms with Crippen LogP contribution in [-0.4, -0.2) is 29.6 Å². The van der Waals surface area contributed by atoms with Crippen molar-refractivity contribution >= 4 is 5.91 Å². The van der Waals surface area contributed by atoms with Crippen molar-refractivity contribution in [3.8, 4) is 0 Å². The molecule has 1 aromatic heterocycles. The van der Waals surface area contributed by atoms with Crippen LogP contribution in [0.15, 0.2) is 54.9 Å². The highest BCUT2D eigenvalue weighted by molar-refractivity contribution is 5.84. The van der Waals surface area contributed by atoms with Crippen molar-refractivity contribution in [2.45, 2.75) is 12.1 Å². The van der Waals surface area contributed by atoms with Crippen LogP contribution in [0.4, 0.5) is 0 Å². The summed E-state index contributed by atoms with van der Waals surface area (Å²) in [5.74, 6) is 0.0166. The Morgan fingerprint density at radius 3 is 2.40 bits per heavy atom. The molecule has 0 spiro atoms. The molecule has 104 valence electrons. The molecule has 1 aliphatic rings. The number of carbonyl (C=O) groups excluding carboxylic acids is 1. The summed E-state index contributed by atoms with van der Waals surface area (Å²) in [5, 5.41) is 3.08. The number of nitrogens with zero attached hydrogens (tertiary/aromatic N) is 1. The molecule has 2 heterocycles. The predicted molar refractivity (Wildman–Crippen MR) is 76.9 cm³/mol. The SMILES string of the molecule is O=C(NC1CNNC1)[C@@H](c1ccccc1)n1cccc1. The number of hydrogen-bond donors (Lipinski definition) is 3. The van der Waals surface area contributed by atoms with E-state index in [2.05, 4.69) is 16.2 Å². The van der Waals surface area contributed by atoms with Crippen molar-refractivity contribution in [1.82, 2.24) is 20.7 Å². The van der Waals surface area contributed by atoms with Gasteiger partial charge in [-0.1, -0.05) is 30.3 Å². The molecule has 1 amide bonds. The van der Waals surface area contributed by atoms with Gasteiger partial charge in [0, 0.05) is 25.5 Å². The van der Waals surface area contributed by atoms with Crippen molar-refractivity contribution in [2.24, 2.45) is 0 Å². The smallest absolute Gasteiger partial charge is 0.247 e. The highest BCUT2D eigenvalue weighted by atomic mass is 16.2. The van der Waals surface area contributed by atoms with Gasteiger partial charge in [0.1, 0.15) is 6.04 Å². The number of nitrogens with one attached hydrogen (secondary N) is 3. The van der Waals surface area contributed by atoms with Gasteiger partial charge in [-0.05, 0) is 17.7 Å². The van der Waals surface area contributed by atoms with Gasteiger partial charge in [-0.3, -0.25) is 15.6 Å². The third-order valence-electron chi connectivity index (χ3n) is 3.46. The monoisotopic (exact) mass is 270 g/mol. The quantitative estimate of drug-likeness (QED) is 0.765. The number of benzene rings is 1. The maximum atomic E-state index is 12.6. The Kier molecular flexibility index (Phi) is 3.80. The van der Waals surface area contributed by atoms with Gasteiger partial charge in [0.15, 0.2) is 0 Å². The fourth-order valence-corrected chi connectivity index (χ4v) is 2.46. The van der Waals surface area contributed by atoms with Crippen LogP contribution >= 0.6 is 0 Å². The number of carbonyl (C=O) groups is 1. The zero-order valence-corrected chi connectivity index (χ0v) is 11.1. The zero-order valence-electron chi connectivity index (χ0n) is 11.1. The van der Waals surface area contributed by atoms with Gasteiger partial charge >= 0.3 is 0 Å². The van der Waals surface area contributed by atoms with Crippen LogP contribution in [-0.2, 0) is 4.79 Å². The molecular formula is C15H18N4O. The van der Waals surface area contributed by atoms with Crippen LogP contribution in [0.1, 0.15) is 11.6 Å². The molecule has 0 saturated carbocycles. The van der Waals surface area contributed by atoms with E-state index in [-0.39, 0.29) is 18.0 Å². The molecule has 1 aliphatic heterocycles. The van der Waals surface area contributed by atoms with Gasteiger partial charge < -0.3 is 9.88 Å². The predicted octanol–water partition coefficient (Wildman–Crippen LogP) is 0.670. The third-order valence-corrected chi connectivity index (χ3v) is 3.46. The third kappa shape index (κ3) is 2.74. The molecule has 0 radical (unpaired) electrons. The minimum Gasteiger partial charge on any atom is -0.349 e. The molecule has 1 saturated heterocycles. The topological polar surface area (TPSA) is 58.1 Å². The lowest BCUT2D eigenvalue weighted by Gasteiger charge is -2.21. The normalized spacial score (nSPS) is 17.0. The fraction of sp³-hybridized carbons (Fsp3) is 0.267. The molecular weight excluding hydrogens is 252 g/mol. The van der Waals surface area contributed by atoms with Crippen molar-refractivity contribution in [2.75, 3.05) is 13.1 Å². The van der Waals surface area contributed by atoms with Gasteiger partial charge in [0.2, 0.25) is 5.91 Å². The summed E-state index contributed by atoms with van der Waals surface area (Å²) in [4.78, 5) is 12.6. The van der Waals surface area contributed by atoms with E-state index in [1.54, 1.807) is 0 Å². The van der Waals surface area contributed by atoms with Crippen molar-refractivity contribution < 1.29 is 4.79 Å². The molecule has 0 aliphatic carbocycles. The van der Waals surface area contributed by atoms with Crippen LogP contribution in [0.25, 0.3) is 0 Å². The molecule has 1 atom stereocenters. The molecule has 20 heavy (non-hydrogen) atoms. The molecule has 3 N–H and O–H groups in total. The first-order valence-corrected chi connectivity index (χ1v) is 6.78. The van der Waals surface area contributed by atoms with Crippen LogP contribution in [0.5, 0.6) is 0 Å². The summed E-state index contributed by atoms with van der Waals surface area (Å²) in [5.41, 5.74) is 7.03. The Labute approximate surface area is 118 Å². The zero-order chi connectivity index (χ0) is 13.8. The summed E-state index contributed by atoms with van der Waals surface area (Å²) >= 11 is 0. The average Bonchev–Trinajstić information content (AvgIpc) is 3.14. The largest absolute Gasteiger partial charge is 0.349 e. The van der Waals surface area contributed by atoms with Crippen LogP contribution in [0, 0.1) is 0 Å². The van der Waals surface area contributed by atoms with Gasteiger partial charge in [-0.15, -0.1) is 0 Å². The number of rotatable bonds is 4. The summed E-state index contributed by atoms with van der Waals surface area (Å²) in [6, 6.07) is 13.5. The number of amides is 1. The lowest BCUT2D eigenvalue weighted by molar-refractivity contribution is -0.123. The van der Waals surface area contributed by atoms with E-state index >= 15 is 0 Å². The second kappa shape index (κ2) is 5.90.